The summed E-state index contributed by atoms with van der Waals surface area (Å²) in [6.45, 7) is 0.573. The second-order valence-electron chi connectivity index (χ2n) is 5.25. The Kier molecular flexibility index (Phi) is 4.21. The Hall–Kier alpha value is -2.88. The van der Waals surface area contributed by atoms with E-state index in [-0.39, 0.29) is 18.3 Å². The van der Waals surface area contributed by atoms with E-state index in [1.54, 1.807) is 18.2 Å². The molecule has 3 rings (SSSR count). The molecule has 1 heterocycles. The van der Waals surface area contributed by atoms with Gasteiger partial charge in [0.2, 0.25) is 0 Å². The summed E-state index contributed by atoms with van der Waals surface area (Å²) < 4.78 is 50.1. The van der Waals surface area contributed by atoms with Gasteiger partial charge in [-0.3, -0.25) is 0 Å². The third-order valence-corrected chi connectivity index (χ3v) is 3.55. The topological polar surface area (TPSA) is 54.3 Å². The smallest absolute Gasteiger partial charge is 0.417 e. The van der Waals surface area contributed by atoms with Gasteiger partial charge in [-0.2, -0.15) is 18.4 Å². The van der Waals surface area contributed by atoms with E-state index in [0.717, 1.165) is 12.1 Å². The highest BCUT2D eigenvalue weighted by Crippen LogP contribution is 2.34. The number of nitriles is 1. The van der Waals surface area contributed by atoms with Crippen LogP contribution in [0.5, 0.6) is 11.5 Å². The molecule has 0 saturated heterocycles. The molecule has 24 heavy (non-hydrogen) atoms. The van der Waals surface area contributed by atoms with Crippen LogP contribution in [0, 0.1) is 11.3 Å². The lowest BCUT2D eigenvalue weighted by Crippen LogP contribution is -2.35. The van der Waals surface area contributed by atoms with E-state index < -0.39 is 17.3 Å². The number of nitrogens with one attached hydrogen (secondary N) is 1. The molecule has 0 aromatic heterocycles. The van der Waals surface area contributed by atoms with Crippen LogP contribution in [0.1, 0.15) is 11.1 Å². The molecule has 1 atom stereocenters. The van der Waals surface area contributed by atoms with E-state index in [9.17, 15) is 13.2 Å². The van der Waals surface area contributed by atoms with Gasteiger partial charge < -0.3 is 14.8 Å². The SMILES string of the molecule is N#Cc1ccc(NCC2COc3ccccc3O2)cc1C(F)(F)F. The molecule has 0 spiro atoms. The minimum atomic E-state index is -4.58. The summed E-state index contributed by atoms with van der Waals surface area (Å²) in [4.78, 5) is 0. The summed E-state index contributed by atoms with van der Waals surface area (Å²) in [5, 5.41) is 11.7. The van der Waals surface area contributed by atoms with Gasteiger partial charge in [-0.1, -0.05) is 12.1 Å². The zero-order valence-corrected chi connectivity index (χ0v) is 12.4. The molecule has 2 aromatic rings. The van der Waals surface area contributed by atoms with Crippen molar-refractivity contribution >= 4 is 5.69 Å². The molecule has 0 fully saturated rings. The average molecular weight is 334 g/mol. The van der Waals surface area contributed by atoms with Gasteiger partial charge in [0.05, 0.1) is 23.7 Å². The van der Waals surface area contributed by atoms with Gasteiger partial charge in [-0.15, -0.1) is 0 Å². The zero-order chi connectivity index (χ0) is 17.2. The maximum atomic E-state index is 13.0. The van der Waals surface area contributed by atoms with E-state index in [2.05, 4.69) is 5.32 Å². The molecular weight excluding hydrogens is 321 g/mol. The molecule has 1 unspecified atom stereocenters. The predicted molar refractivity (Wildman–Crippen MR) is 81.0 cm³/mol. The summed E-state index contributed by atoms with van der Waals surface area (Å²) in [6, 6.07) is 12.3. The number of rotatable bonds is 3. The lowest BCUT2D eigenvalue weighted by atomic mass is 10.1. The number of alkyl halides is 3. The Labute approximate surface area is 136 Å². The number of para-hydroxylation sites is 2. The van der Waals surface area contributed by atoms with Crippen LogP contribution < -0.4 is 14.8 Å². The summed E-state index contributed by atoms with van der Waals surface area (Å²) in [7, 11) is 0. The van der Waals surface area contributed by atoms with Gasteiger partial charge in [-0.05, 0) is 30.3 Å². The van der Waals surface area contributed by atoms with Gasteiger partial charge in [0.1, 0.15) is 12.7 Å². The Bertz CT molecular complexity index is 784. The Balaban J connectivity index is 1.69. The zero-order valence-electron chi connectivity index (χ0n) is 12.4. The van der Waals surface area contributed by atoms with Crippen molar-refractivity contribution in [1.82, 2.24) is 0 Å². The molecular formula is C17H13F3N2O2. The number of fused-ring (bicyclic) bond motifs is 1. The molecule has 124 valence electrons. The molecule has 0 saturated carbocycles. The van der Waals surface area contributed by atoms with E-state index in [1.165, 1.54) is 6.07 Å². The Morgan fingerprint density at radius 1 is 1.17 bits per heavy atom. The van der Waals surface area contributed by atoms with Crippen molar-refractivity contribution < 1.29 is 22.6 Å². The van der Waals surface area contributed by atoms with Crippen LogP contribution in [0.15, 0.2) is 42.5 Å². The van der Waals surface area contributed by atoms with Gasteiger partial charge >= 0.3 is 6.18 Å². The van der Waals surface area contributed by atoms with Crippen LogP contribution in [-0.4, -0.2) is 19.3 Å². The minimum absolute atomic E-state index is 0.267. The van der Waals surface area contributed by atoms with Crippen molar-refractivity contribution in [1.29, 1.82) is 5.26 Å². The minimum Gasteiger partial charge on any atom is -0.486 e. The van der Waals surface area contributed by atoms with Crippen molar-refractivity contribution in [2.75, 3.05) is 18.5 Å². The first-order chi connectivity index (χ1) is 11.5. The number of benzene rings is 2. The summed E-state index contributed by atoms with van der Waals surface area (Å²) in [6.07, 6.45) is -4.91. The van der Waals surface area contributed by atoms with E-state index >= 15 is 0 Å². The normalized spacial score (nSPS) is 16.3. The van der Waals surface area contributed by atoms with Crippen molar-refractivity contribution in [3.63, 3.8) is 0 Å². The van der Waals surface area contributed by atoms with Gasteiger partial charge in [0.25, 0.3) is 0 Å². The largest absolute Gasteiger partial charge is 0.486 e. The third kappa shape index (κ3) is 3.38. The Morgan fingerprint density at radius 3 is 2.62 bits per heavy atom. The van der Waals surface area contributed by atoms with Gasteiger partial charge in [-0.25, -0.2) is 0 Å². The molecule has 0 radical (unpaired) electrons. The first kappa shape index (κ1) is 16.0. The number of ether oxygens (including phenoxy) is 2. The van der Waals surface area contributed by atoms with Gasteiger partial charge in [0, 0.05) is 5.69 Å². The third-order valence-electron chi connectivity index (χ3n) is 3.55. The van der Waals surface area contributed by atoms with E-state index in [1.807, 2.05) is 12.1 Å². The number of hydrogen-bond donors (Lipinski definition) is 1. The molecule has 1 N–H and O–H groups in total. The molecule has 1 aliphatic heterocycles. The van der Waals surface area contributed by atoms with Crippen LogP contribution >= 0.6 is 0 Å². The van der Waals surface area contributed by atoms with Crippen LogP contribution in [0.4, 0.5) is 18.9 Å². The monoisotopic (exact) mass is 334 g/mol. The second kappa shape index (κ2) is 6.32. The Morgan fingerprint density at radius 2 is 1.92 bits per heavy atom. The first-order valence-corrected chi connectivity index (χ1v) is 7.21. The fourth-order valence-corrected chi connectivity index (χ4v) is 2.38. The van der Waals surface area contributed by atoms with Crippen LogP contribution in [0.2, 0.25) is 0 Å². The lowest BCUT2D eigenvalue weighted by Gasteiger charge is -2.27. The number of halogens is 3. The number of nitrogens with zero attached hydrogens (tertiary/aromatic N) is 1. The molecule has 0 aliphatic carbocycles. The second-order valence-corrected chi connectivity index (χ2v) is 5.25. The molecule has 0 amide bonds. The predicted octanol–water partition coefficient (Wildman–Crippen LogP) is 3.83. The molecule has 1 aliphatic rings. The standard InChI is InChI=1S/C17H13F3N2O2/c18-17(19,20)14-7-12(6-5-11(14)8-21)22-9-13-10-23-15-3-1-2-4-16(15)24-13/h1-7,13,22H,9-10H2. The fraction of sp³-hybridized carbons (Fsp3) is 0.235. The number of anilines is 1. The molecule has 7 heteroatoms. The highest BCUT2D eigenvalue weighted by molar-refractivity contribution is 5.53. The summed E-state index contributed by atoms with van der Waals surface area (Å²) in [5.41, 5.74) is -1.09. The first-order valence-electron chi connectivity index (χ1n) is 7.21. The van der Waals surface area contributed by atoms with Gasteiger partial charge in [0.15, 0.2) is 11.5 Å². The summed E-state index contributed by atoms with van der Waals surface area (Å²) in [5.74, 6) is 1.25. The van der Waals surface area contributed by atoms with Crippen molar-refractivity contribution in [3.05, 3.63) is 53.6 Å². The lowest BCUT2D eigenvalue weighted by molar-refractivity contribution is -0.137. The highest BCUT2D eigenvalue weighted by atomic mass is 19.4. The summed E-state index contributed by atoms with van der Waals surface area (Å²) >= 11 is 0. The van der Waals surface area contributed by atoms with Crippen molar-refractivity contribution in [2.45, 2.75) is 12.3 Å². The van der Waals surface area contributed by atoms with E-state index in [0.29, 0.717) is 18.1 Å². The maximum Gasteiger partial charge on any atom is 0.417 e. The number of hydrogen-bond acceptors (Lipinski definition) is 4. The molecule has 2 aromatic carbocycles. The van der Waals surface area contributed by atoms with Crippen molar-refractivity contribution in [3.8, 4) is 17.6 Å². The highest BCUT2D eigenvalue weighted by Gasteiger charge is 2.34. The van der Waals surface area contributed by atoms with Crippen LogP contribution in [-0.2, 0) is 6.18 Å². The van der Waals surface area contributed by atoms with Crippen LogP contribution in [0.3, 0.4) is 0 Å². The molecule has 0 bridgehead atoms. The molecule has 4 nitrogen and oxygen atoms in total. The average Bonchev–Trinajstić information content (AvgIpc) is 2.58. The van der Waals surface area contributed by atoms with E-state index in [4.69, 9.17) is 14.7 Å². The van der Waals surface area contributed by atoms with Crippen LogP contribution in [0.25, 0.3) is 0 Å². The van der Waals surface area contributed by atoms with Crippen molar-refractivity contribution in [2.24, 2.45) is 0 Å². The fourth-order valence-electron chi connectivity index (χ4n) is 2.38. The maximum absolute atomic E-state index is 13.0. The quantitative estimate of drug-likeness (QED) is 0.927.